The monoisotopic (exact) mass is 231 g/mol. The van der Waals surface area contributed by atoms with Gasteiger partial charge in [-0.1, -0.05) is 61.3 Å². The molecule has 0 aliphatic carbocycles. The van der Waals surface area contributed by atoms with E-state index in [4.69, 9.17) is 4.84 Å². The second-order valence-corrected chi connectivity index (χ2v) is 3.99. The largest absolute Gasteiger partial charge is 0.399 e. The molecule has 0 fully saturated rings. The van der Waals surface area contributed by atoms with Crippen molar-refractivity contribution in [1.82, 2.24) is 0 Å². The Labute approximate surface area is 104 Å². The minimum Gasteiger partial charge on any atom is -0.399 e. The van der Waals surface area contributed by atoms with E-state index in [-0.39, 0.29) is 0 Å². The van der Waals surface area contributed by atoms with Crippen molar-refractivity contribution in [2.24, 2.45) is 5.16 Å². The average molecular weight is 231 g/mol. The Morgan fingerprint density at radius 1 is 1.35 bits per heavy atom. The van der Waals surface area contributed by atoms with Gasteiger partial charge < -0.3 is 4.84 Å². The van der Waals surface area contributed by atoms with E-state index in [0.717, 1.165) is 17.7 Å². The first-order chi connectivity index (χ1) is 8.29. The van der Waals surface area contributed by atoms with Gasteiger partial charge in [0.05, 0.1) is 5.71 Å². The third-order valence-electron chi connectivity index (χ3n) is 2.60. The van der Waals surface area contributed by atoms with Gasteiger partial charge in [-0.15, -0.1) is 0 Å². The van der Waals surface area contributed by atoms with Crippen LogP contribution in [-0.4, -0.2) is 12.8 Å². The number of benzene rings is 1. The van der Waals surface area contributed by atoms with Gasteiger partial charge in [-0.2, -0.15) is 0 Å². The lowest BCUT2D eigenvalue weighted by atomic mass is 10.0. The molecule has 1 aromatic rings. The maximum absolute atomic E-state index is 4.82. The molecule has 0 aliphatic rings. The molecule has 0 atom stereocenters. The Morgan fingerprint density at radius 3 is 2.82 bits per heavy atom. The van der Waals surface area contributed by atoms with E-state index in [9.17, 15) is 0 Å². The maximum atomic E-state index is 4.82. The summed E-state index contributed by atoms with van der Waals surface area (Å²) in [7, 11) is 1.57. The summed E-state index contributed by atoms with van der Waals surface area (Å²) < 4.78 is 0. The van der Waals surface area contributed by atoms with Crippen LogP contribution in [0.4, 0.5) is 0 Å². The summed E-state index contributed by atoms with van der Waals surface area (Å²) in [4.78, 5) is 4.82. The summed E-state index contributed by atoms with van der Waals surface area (Å²) in [5.74, 6) is 0. The van der Waals surface area contributed by atoms with Crippen LogP contribution in [0.25, 0.3) is 6.08 Å². The zero-order chi connectivity index (χ0) is 12.5. The van der Waals surface area contributed by atoms with E-state index in [2.05, 4.69) is 36.4 Å². The van der Waals surface area contributed by atoms with Gasteiger partial charge in [0.2, 0.25) is 0 Å². The van der Waals surface area contributed by atoms with Crippen LogP contribution in [-0.2, 0) is 4.84 Å². The van der Waals surface area contributed by atoms with Crippen molar-refractivity contribution in [3.63, 3.8) is 0 Å². The molecule has 92 valence electrons. The second kappa shape index (κ2) is 7.66. The van der Waals surface area contributed by atoms with Gasteiger partial charge in [0.15, 0.2) is 0 Å². The van der Waals surface area contributed by atoms with Crippen LogP contribution >= 0.6 is 0 Å². The van der Waals surface area contributed by atoms with Crippen molar-refractivity contribution in [3.8, 4) is 0 Å². The van der Waals surface area contributed by atoms with E-state index in [1.54, 1.807) is 7.11 Å². The fourth-order valence-electron chi connectivity index (χ4n) is 1.69. The molecule has 17 heavy (non-hydrogen) atoms. The summed E-state index contributed by atoms with van der Waals surface area (Å²) in [5, 5.41) is 3.98. The Bertz CT molecular complexity index is 394. The highest BCUT2D eigenvalue weighted by atomic mass is 16.6. The smallest absolute Gasteiger partial charge is 0.106 e. The normalized spacial score (nSPS) is 12.1. The van der Waals surface area contributed by atoms with Crippen molar-refractivity contribution in [3.05, 3.63) is 41.5 Å². The molecule has 0 unspecified atom stereocenters. The summed E-state index contributed by atoms with van der Waals surface area (Å²) in [6.07, 6.45) is 7.99. The fraction of sp³-hybridized carbons (Fsp3) is 0.400. The highest BCUT2D eigenvalue weighted by molar-refractivity contribution is 6.01. The Hall–Kier alpha value is -1.57. The van der Waals surface area contributed by atoms with E-state index in [1.165, 1.54) is 18.4 Å². The second-order valence-electron chi connectivity index (χ2n) is 3.99. The lowest BCUT2D eigenvalue weighted by Crippen LogP contribution is -1.98. The van der Waals surface area contributed by atoms with Crippen molar-refractivity contribution in [2.45, 2.75) is 33.1 Å². The molecule has 0 aromatic heterocycles. The molecule has 0 spiro atoms. The Balaban J connectivity index is 2.84. The molecule has 1 rings (SSSR count). The summed E-state index contributed by atoms with van der Waals surface area (Å²) in [5.41, 5.74) is 3.23. The third kappa shape index (κ3) is 4.43. The van der Waals surface area contributed by atoms with E-state index >= 15 is 0 Å². The molecule has 2 nitrogen and oxygen atoms in total. The van der Waals surface area contributed by atoms with Crippen LogP contribution in [0.15, 0.2) is 35.5 Å². The minimum absolute atomic E-state index is 0.906. The van der Waals surface area contributed by atoms with Crippen molar-refractivity contribution in [1.29, 1.82) is 0 Å². The molecule has 0 bridgehead atoms. The highest BCUT2D eigenvalue weighted by Crippen LogP contribution is 2.13. The van der Waals surface area contributed by atoms with E-state index in [0.29, 0.717) is 0 Å². The summed E-state index contributed by atoms with van der Waals surface area (Å²) in [6, 6.07) is 8.24. The van der Waals surface area contributed by atoms with Gasteiger partial charge in [-0.3, -0.25) is 0 Å². The third-order valence-corrected chi connectivity index (χ3v) is 2.60. The zero-order valence-electron chi connectivity index (χ0n) is 10.9. The lowest BCUT2D eigenvalue weighted by molar-refractivity contribution is 0.213. The lowest BCUT2D eigenvalue weighted by Gasteiger charge is -2.04. The fourth-order valence-corrected chi connectivity index (χ4v) is 1.69. The topological polar surface area (TPSA) is 21.6 Å². The van der Waals surface area contributed by atoms with Crippen LogP contribution in [0, 0.1) is 0 Å². The number of hydrogen-bond acceptors (Lipinski definition) is 2. The Morgan fingerprint density at radius 2 is 2.12 bits per heavy atom. The van der Waals surface area contributed by atoms with Gasteiger partial charge in [-0.25, -0.2) is 0 Å². The molecule has 0 saturated heterocycles. The molecule has 0 heterocycles. The van der Waals surface area contributed by atoms with Gasteiger partial charge in [0.1, 0.15) is 7.11 Å². The number of nitrogens with zero attached hydrogens (tertiary/aromatic N) is 1. The van der Waals surface area contributed by atoms with Gasteiger partial charge >= 0.3 is 0 Å². The van der Waals surface area contributed by atoms with Crippen LogP contribution in [0.1, 0.15) is 44.2 Å². The van der Waals surface area contributed by atoms with Gasteiger partial charge in [0, 0.05) is 5.56 Å². The van der Waals surface area contributed by atoms with Crippen molar-refractivity contribution >= 4 is 11.8 Å². The highest BCUT2D eigenvalue weighted by Gasteiger charge is 2.02. The minimum atomic E-state index is 0.906. The predicted octanol–water partition coefficient (Wildman–Crippen LogP) is 4.26. The molecule has 2 heteroatoms. The van der Waals surface area contributed by atoms with E-state index in [1.807, 2.05) is 19.1 Å². The Kier molecular flexibility index (Phi) is 6.08. The number of rotatable bonds is 6. The molecule has 0 amide bonds. The summed E-state index contributed by atoms with van der Waals surface area (Å²) in [6.45, 7) is 4.17. The summed E-state index contributed by atoms with van der Waals surface area (Å²) >= 11 is 0. The first-order valence-electron chi connectivity index (χ1n) is 6.13. The SMILES string of the molecule is CCCC/C=C/c1ccccc1/C(C)=N/OC. The number of allylic oxidation sites excluding steroid dienone is 1. The first-order valence-corrected chi connectivity index (χ1v) is 6.13. The molecule has 1 aromatic carbocycles. The molecule has 0 N–H and O–H groups in total. The van der Waals surface area contributed by atoms with Crippen LogP contribution in [0.2, 0.25) is 0 Å². The van der Waals surface area contributed by atoms with Crippen LogP contribution in [0.3, 0.4) is 0 Å². The number of unbranched alkanes of at least 4 members (excludes halogenated alkanes) is 2. The van der Waals surface area contributed by atoms with Crippen LogP contribution in [0.5, 0.6) is 0 Å². The first kappa shape index (κ1) is 13.5. The zero-order valence-corrected chi connectivity index (χ0v) is 10.9. The average Bonchev–Trinajstić information content (AvgIpc) is 2.35. The molecular formula is C15H21NO. The van der Waals surface area contributed by atoms with E-state index < -0.39 is 0 Å². The van der Waals surface area contributed by atoms with Gasteiger partial charge in [-0.05, 0) is 18.9 Å². The number of oxime groups is 1. The maximum Gasteiger partial charge on any atom is 0.106 e. The van der Waals surface area contributed by atoms with Crippen LogP contribution < -0.4 is 0 Å². The quantitative estimate of drug-likeness (QED) is 0.407. The standard InChI is InChI=1S/C15H21NO/c1-4-5-6-7-10-14-11-8-9-12-15(14)13(2)16-17-3/h7-12H,4-6H2,1-3H3/b10-7+,16-13+. The van der Waals surface area contributed by atoms with Gasteiger partial charge in [0.25, 0.3) is 0 Å². The molecular weight excluding hydrogens is 210 g/mol. The number of hydrogen-bond donors (Lipinski definition) is 0. The molecule has 0 radical (unpaired) electrons. The molecule has 0 saturated carbocycles. The van der Waals surface area contributed by atoms with Crippen molar-refractivity contribution < 1.29 is 4.84 Å². The predicted molar refractivity (Wildman–Crippen MR) is 74.2 cm³/mol. The molecule has 0 aliphatic heterocycles. The van der Waals surface area contributed by atoms with Crippen molar-refractivity contribution in [2.75, 3.05) is 7.11 Å².